The Morgan fingerprint density at radius 1 is 1.60 bits per heavy atom. The van der Waals surface area contributed by atoms with Gasteiger partial charge in [-0.1, -0.05) is 27.5 Å². The maximum Gasteiger partial charge on any atom is 0.308 e. The molecular formula is C8H5BrClNO4. The molecule has 0 aliphatic carbocycles. The van der Waals surface area contributed by atoms with Crippen LogP contribution in [0.4, 0.5) is 5.69 Å². The molecule has 5 nitrogen and oxygen atoms in total. The molecule has 0 bridgehead atoms. The second-order valence-electron chi connectivity index (χ2n) is 2.72. The van der Waals surface area contributed by atoms with Gasteiger partial charge in [0, 0.05) is 10.0 Å². The fourth-order valence-electron chi connectivity index (χ4n) is 1.12. The number of carbonyl (C=O) groups is 1. The van der Waals surface area contributed by atoms with Crippen molar-refractivity contribution in [2.24, 2.45) is 0 Å². The lowest BCUT2D eigenvalue weighted by Gasteiger charge is -2.02. The third-order valence-corrected chi connectivity index (χ3v) is 2.38. The van der Waals surface area contributed by atoms with Gasteiger partial charge in [-0.05, 0) is 12.1 Å². The van der Waals surface area contributed by atoms with Crippen molar-refractivity contribution in [1.82, 2.24) is 0 Å². The van der Waals surface area contributed by atoms with E-state index in [0.29, 0.717) is 4.47 Å². The van der Waals surface area contributed by atoms with E-state index in [1.807, 2.05) is 0 Å². The van der Waals surface area contributed by atoms with Gasteiger partial charge in [-0.15, -0.1) is 0 Å². The highest BCUT2D eigenvalue weighted by Gasteiger charge is 2.21. The maximum absolute atomic E-state index is 10.6. The number of rotatable bonds is 3. The molecule has 0 fully saturated rings. The van der Waals surface area contributed by atoms with E-state index in [4.69, 9.17) is 16.7 Å². The van der Waals surface area contributed by atoms with Crippen LogP contribution in [0.15, 0.2) is 16.6 Å². The Hall–Kier alpha value is -1.14. The van der Waals surface area contributed by atoms with Crippen LogP contribution in [0.2, 0.25) is 5.02 Å². The fourth-order valence-corrected chi connectivity index (χ4v) is 2.07. The van der Waals surface area contributed by atoms with Crippen molar-refractivity contribution < 1.29 is 14.8 Å². The largest absolute Gasteiger partial charge is 0.481 e. The SMILES string of the molecule is O=C(O)Cc1cc(Br)cc(Cl)c1[N+](=O)[O-]. The molecule has 1 aromatic rings. The Morgan fingerprint density at radius 3 is 2.67 bits per heavy atom. The van der Waals surface area contributed by atoms with Gasteiger partial charge in [0.15, 0.2) is 0 Å². The molecule has 0 aliphatic heterocycles. The topological polar surface area (TPSA) is 80.4 Å². The van der Waals surface area contributed by atoms with Gasteiger partial charge in [-0.3, -0.25) is 14.9 Å². The molecule has 0 atom stereocenters. The van der Waals surface area contributed by atoms with Crippen LogP contribution in [-0.4, -0.2) is 16.0 Å². The molecule has 80 valence electrons. The monoisotopic (exact) mass is 293 g/mol. The lowest BCUT2D eigenvalue weighted by Crippen LogP contribution is -2.04. The van der Waals surface area contributed by atoms with Gasteiger partial charge in [-0.2, -0.15) is 0 Å². The molecule has 1 aromatic carbocycles. The van der Waals surface area contributed by atoms with E-state index in [1.54, 1.807) is 0 Å². The van der Waals surface area contributed by atoms with Crippen molar-refractivity contribution in [2.75, 3.05) is 0 Å². The van der Waals surface area contributed by atoms with Crippen molar-refractivity contribution in [1.29, 1.82) is 0 Å². The second-order valence-corrected chi connectivity index (χ2v) is 4.05. The van der Waals surface area contributed by atoms with Gasteiger partial charge in [0.2, 0.25) is 0 Å². The number of aliphatic carboxylic acids is 1. The number of nitro groups is 1. The Balaban J connectivity index is 3.33. The van der Waals surface area contributed by atoms with Crippen LogP contribution in [0.5, 0.6) is 0 Å². The number of benzene rings is 1. The number of hydrogen-bond donors (Lipinski definition) is 1. The van der Waals surface area contributed by atoms with E-state index >= 15 is 0 Å². The number of nitro benzene ring substituents is 1. The number of hydrogen-bond acceptors (Lipinski definition) is 3. The molecule has 0 heterocycles. The van der Waals surface area contributed by atoms with Gasteiger partial charge in [0.05, 0.1) is 11.3 Å². The first-order valence-electron chi connectivity index (χ1n) is 3.76. The van der Waals surface area contributed by atoms with E-state index in [1.165, 1.54) is 12.1 Å². The maximum atomic E-state index is 10.6. The van der Waals surface area contributed by atoms with Crippen molar-refractivity contribution in [3.63, 3.8) is 0 Å². The summed E-state index contributed by atoms with van der Waals surface area (Å²) in [5.41, 5.74) is -0.283. The van der Waals surface area contributed by atoms with Crippen LogP contribution in [-0.2, 0) is 11.2 Å². The predicted octanol–water partition coefficient (Wildman–Crippen LogP) is 2.64. The van der Waals surface area contributed by atoms with Crippen LogP contribution >= 0.6 is 27.5 Å². The molecule has 15 heavy (non-hydrogen) atoms. The molecule has 1 N–H and O–H groups in total. The smallest absolute Gasteiger partial charge is 0.308 e. The Bertz CT molecular complexity index is 435. The van der Waals surface area contributed by atoms with Crippen molar-refractivity contribution >= 4 is 39.2 Å². The van der Waals surface area contributed by atoms with Crippen molar-refractivity contribution in [3.8, 4) is 0 Å². The van der Waals surface area contributed by atoms with Gasteiger partial charge in [-0.25, -0.2) is 0 Å². The molecule has 0 saturated heterocycles. The van der Waals surface area contributed by atoms with E-state index in [2.05, 4.69) is 15.9 Å². The van der Waals surface area contributed by atoms with E-state index in [0.717, 1.165) is 0 Å². The molecule has 7 heteroatoms. The Morgan fingerprint density at radius 2 is 2.20 bits per heavy atom. The van der Waals surface area contributed by atoms with E-state index in [-0.39, 0.29) is 16.3 Å². The second kappa shape index (κ2) is 4.59. The summed E-state index contributed by atoms with van der Waals surface area (Å²) in [5.74, 6) is -1.15. The highest BCUT2D eigenvalue weighted by molar-refractivity contribution is 9.10. The number of halogens is 2. The van der Waals surface area contributed by atoms with Crippen LogP contribution in [0, 0.1) is 10.1 Å². The third kappa shape index (κ3) is 2.90. The fraction of sp³-hybridized carbons (Fsp3) is 0.125. The summed E-state index contributed by atoms with van der Waals surface area (Å²) in [6, 6.07) is 2.73. The Labute approximate surface area is 97.9 Å². The zero-order valence-corrected chi connectivity index (χ0v) is 9.58. The van der Waals surface area contributed by atoms with Crippen LogP contribution in [0.1, 0.15) is 5.56 Å². The summed E-state index contributed by atoms with van der Waals surface area (Å²) in [7, 11) is 0. The molecule has 0 spiro atoms. The zero-order valence-electron chi connectivity index (χ0n) is 7.24. The minimum Gasteiger partial charge on any atom is -0.481 e. The molecular weight excluding hydrogens is 289 g/mol. The molecule has 0 aromatic heterocycles. The van der Waals surface area contributed by atoms with Crippen molar-refractivity contribution in [2.45, 2.75) is 6.42 Å². The van der Waals surface area contributed by atoms with E-state index in [9.17, 15) is 14.9 Å². The number of nitrogens with zero attached hydrogens (tertiary/aromatic N) is 1. The standard InChI is InChI=1S/C8H5BrClNO4/c9-5-1-4(2-7(12)13)8(11(14)15)6(10)3-5/h1,3H,2H2,(H,12,13). The molecule has 0 unspecified atom stereocenters. The average molecular weight is 294 g/mol. The minimum atomic E-state index is -1.15. The molecule has 0 radical (unpaired) electrons. The van der Waals surface area contributed by atoms with Gasteiger partial charge in [0.1, 0.15) is 5.02 Å². The van der Waals surface area contributed by atoms with E-state index < -0.39 is 17.3 Å². The van der Waals surface area contributed by atoms with Crippen LogP contribution in [0.3, 0.4) is 0 Å². The van der Waals surface area contributed by atoms with Gasteiger partial charge < -0.3 is 5.11 Å². The summed E-state index contributed by atoms with van der Waals surface area (Å²) < 4.78 is 0.509. The minimum absolute atomic E-state index is 0.0758. The molecule has 0 aliphatic rings. The zero-order chi connectivity index (χ0) is 11.6. The average Bonchev–Trinajstić information content (AvgIpc) is 1.99. The summed E-state index contributed by atoms with van der Waals surface area (Å²) in [6.07, 6.45) is -0.435. The first-order chi connectivity index (χ1) is 6.91. The van der Waals surface area contributed by atoms with Crippen LogP contribution in [0.25, 0.3) is 0 Å². The quantitative estimate of drug-likeness (QED) is 0.686. The summed E-state index contributed by atoms with van der Waals surface area (Å²) in [5, 5.41) is 19.1. The Kier molecular flexibility index (Phi) is 3.65. The summed E-state index contributed by atoms with van der Waals surface area (Å²) in [6.45, 7) is 0. The molecule has 0 amide bonds. The first-order valence-corrected chi connectivity index (χ1v) is 4.93. The first kappa shape index (κ1) is 11.9. The molecule has 1 rings (SSSR count). The highest BCUT2D eigenvalue weighted by atomic mass is 79.9. The lowest BCUT2D eigenvalue weighted by atomic mass is 10.1. The summed E-state index contributed by atoms with van der Waals surface area (Å²) >= 11 is 8.73. The number of carboxylic acids is 1. The highest BCUT2D eigenvalue weighted by Crippen LogP contribution is 2.32. The summed E-state index contributed by atoms with van der Waals surface area (Å²) in [4.78, 5) is 20.4. The lowest BCUT2D eigenvalue weighted by molar-refractivity contribution is -0.385. The number of carboxylic acid groups (broad SMARTS) is 1. The molecule has 0 saturated carbocycles. The third-order valence-electron chi connectivity index (χ3n) is 1.63. The van der Waals surface area contributed by atoms with Gasteiger partial charge >= 0.3 is 5.97 Å². The normalized spacial score (nSPS) is 10.0. The van der Waals surface area contributed by atoms with Crippen LogP contribution < -0.4 is 0 Å². The van der Waals surface area contributed by atoms with Gasteiger partial charge in [0.25, 0.3) is 5.69 Å². The predicted molar refractivity (Wildman–Crippen MR) is 57.1 cm³/mol. The van der Waals surface area contributed by atoms with Crippen molar-refractivity contribution in [3.05, 3.63) is 37.3 Å².